The van der Waals surface area contributed by atoms with E-state index in [1.807, 2.05) is 24.3 Å². The third kappa shape index (κ3) is 2.67. The van der Waals surface area contributed by atoms with Gasteiger partial charge in [0.25, 0.3) is 0 Å². The Bertz CT molecular complexity index is 560. The number of amides is 2. The molecule has 1 spiro atoms. The van der Waals surface area contributed by atoms with Crippen LogP contribution in [0.2, 0.25) is 0 Å². The molecular weight excluding hydrogens is 264 g/mol. The van der Waals surface area contributed by atoms with Crippen molar-refractivity contribution >= 4 is 17.5 Å². The molecule has 4 heteroatoms. The fourth-order valence-electron chi connectivity index (χ4n) is 3.69. The Morgan fingerprint density at radius 3 is 2.48 bits per heavy atom. The van der Waals surface area contributed by atoms with Crippen LogP contribution in [0.3, 0.4) is 0 Å². The minimum atomic E-state index is -0.409. The molecule has 0 bridgehead atoms. The lowest BCUT2D eigenvalue weighted by molar-refractivity contribution is -0.142. The van der Waals surface area contributed by atoms with Gasteiger partial charge in [0.2, 0.25) is 11.8 Å². The van der Waals surface area contributed by atoms with Gasteiger partial charge in [0, 0.05) is 12.1 Å². The quantitative estimate of drug-likeness (QED) is 0.671. The van der Waals surface area contributed by atoms with Gasteiger partial charge in [-0.05, 0) is 30.5 Å². The van der Waals surface area contributed by atoms with Crippen molar-refractivity contribution in [2.45, 2.75) is 51.5 Å². The van der Waals surface area contributed by atoms with E-state index in [9.17, 15) is 9.59 Å². The number of carbonyl (C=O) groups is 2. The smallest absolute Gasteiger partial charge is 0.236 e. The zero-order valence-electron chi connectivity index (χ0n) is 12.3. The summed E-state index contributed by atoms with van der Waals surface area (Å²) in [7, 11) is 0. The molecule has 2 amide bonds. The van der Waals surface area contributed by atoms with Crippen molar-refractivity contribution in [1.82, 2.24) is 4.90 Å². The molecule has 1 aliphatic carbocycles. The van der Waals surface area contributed by atoms with Crippen LogP contribution in [0.5, 0.6) is 0 Å². The average molecular weight is 286 g/mol. The number of nitrogen functional groups attached to an aromatic ring is 1. The maximum Gasteiger partial charge on any atom is 0.236 e. The normalized spacial score (nSPS) is 21.8. The lowest BCUT2D eigenvalue weighted by atomic mass is 9.79. The molecule has 1 aromatic rings. The molecule has 21 heavy (non-hydrogen) atoms. The van der Waals surface area contributed by atoms with E-state index in [2.05, 4.69) is 0 Å². The number of anilines is 1. The van der Waals surface area contributed by atoms with Gasteiger partial charge in [-0.3, -0.25) is 14.5 Å². The summed E-state index contributed by atoms with van der Waals surface area (Å²) >= 11 is 0. The first-order chi connectivity index (χ1) is 10.1. The highest BCUT2D eigenvalue weighted by Gasteiger charge is 2.50. The Hall–Kier alpha value is -1.84. The summed E-state index contributed by atoms with van der Waals surface area (Å²) < 4.78 is 0. The Kier molecular flexibility index (Phi) is 3.70. The molecule has 2 N–H and O–H groups in total. The average Bonchev–Trinajstić information content (AvgIpc) is 2.63. The lowest BCUT2D eigenvalue weighted by Crippen LogP contribution is -2.35. The van der Waals surface area contributed by atoms with E-state index < -0.39 is 5.41 Å². The Morgan fingerprint density at radius 1 is 1.10 bits per heavy atom. The monoisotopic (exact) mass is 286 g/mol. The van der Waals surface area contributed by atoms with Crippen LogP contribution in [0.15, 0.2) is 24.3 Å². The summed E-state index contributed by atoms with van der Waals surface area (Å²) in [5.41, 5.74) is 6.94. The van der Waals surface area contributed by atoms with Crippen LogP contribution in [0.4, 0.5) is 5.69 Å². The van der Waals surface area contributed by atoms with Crippen LogP contribution >= 0.6 is 0 Å². The van der Waals surface area contributed by atoms with Crippen LogP contribution in [-0.4, -0.2) is 16.7 Å². The van der Waals surface area contributed by atoms with Gasteiger partial charge >= 0.3 is 0 Å². The minimum Gasteiger partial charge on any atom is -0.399 e. The second-order valence-corrected chi connectivity index (χ2v) is 6.40. The first-order valence-corrected chi connectivity index (χ1v) is 7.80. The van der Waals surface area contributed by atoms with Crippen molar-refractivity contribution in [2.75, 3.05) is 5.73 Å². The fraction of sp³-hybridized carbons (Fsp3) is 0.529. The van der Waals surface area contributed by atoms with E-state index >= 15 is 0 Å². The van der Waals surface area contributed by atoms with Crippen molar-refractivity contribution in [2.24, 2.45) is 5.41 Å². The molecule has 1 aromatic carbocycles. The predicted octanol–water partition coefficient (Wildman–Crippen LogP) is 2.87. The van der Waals surface area contributed by atoms with Gasteiger partial charge in [0.05, 0.1) is 12.0 Å². The molecule has 2 fully saturated rings. The molecule has 4 nitrogen and oxygen atoms in total. The molecule has 2 aliphatic rings. The highest BCUT2D eigenvalue weighted by molar-refractivity contribution is 6.05. The fourth-order valence-corrected chi connectivity index (χ4v) is 3.69. The summed E-state index contributed by atoms with van der Waals surface area (Å²) in [6.07, 6.45) is 6.61. The number of hydrogen-bond acceptors (Lipinski definition) is 3. The largest absolute Gasteiger partial charge is 0.399 e. The maximum absolute atomic E-state index is 12.8. The molecule has 1 aliphatic heterocycles. The van der Waals surface area contributed by atoms with E-state index in [1.54, 1.807) is 0 Å². The van der Waals surface area contributed by atoms with E-state index in [4.69, 9.17) is 5.73 Å². The highest BCUT2D eigenvalue weighted by atomic mass is 16.2. The number of nitrogens with two attached hydrogens (primary N) is 1. The van der Waals surface area contributed by atoms with Crippen LogP contribution in [0, 0.1) is 5.41 Å². The number of benzene rings is 1. The molecule has 0 radical (unpaired) electrons. The standard InChI is InChI=1S/C17H22N2O2/c18-14-7-5-6-13(10-14)12-19-15(20)11-17(16(19)21)8-3-1-2-4-9-17/h5-7,10H,1-4,8-9,11-12,18H2. The molecule has 1 saturated heterocycles. The summed E-state index contributed by atoms with van der Waals surface area (Å²) in [4.78, 5) is 26.6. The van der Waals surface area contributed by atoms with Gasteiger partial charge in [-0.2, -0.15) is 0 Å². The second kappa shape index (κ2) is 5.51. The summed E-state index contributed by atoms with van der Waals surface area (Å²) in [5.74, 6) is 0.0150. The van der Waals surface area contributed by atoms with Gasteiger partial charge in [0.1, 0.15) is 0 Å². The Morgan fingerprint density at radius 2 is 1.81 bits per heavy atom. The van der Waals surface area contributed by atoms with Crippen molar-refractivity contribution in [3.05, 3.63) is 29.8 Å². The number of rotatable bonds is 2. The summed E-state index contributed by atoms with van der Waals surface area (Å²) in [6, 6.07) is 7.41. The second-order valence-electron chi connectivity index (χ2n) is 6.40. The van der Waals surface area contributed by atoms with Crippen LogP contribution in [0.1, 0.15) is 50.5 Å². The van der Waals surface area contributed by atoms with E-state index in [1.165, 1.54) is 17.7 Å². The maximum atomic E-state index is 12.8. The third-order valence-electron chi connectivity index (χ3n) is 4.84. The van der Waals surface area contributed by atoms with Crippen molar-refractivity contribution in [1.29, 1.82) is 0 Å². The zero-order chi connectivity index (χ0) is 14.9. The topological polar surface area (TPSA) is 63.4 Å². The van der Waals surface area contributed by atoms with Gasteiger partial charge in [-0.1, -0.05) is 37.8 Å². The van der Waals surface area contributed by atoms with Crippen molar-refractivity contribution < 1.29 is 9.59 Å². The number of imide groups is 1. The molecule has 0 aromatic heterocycles. The minimum absolute atomic E-state index is 0.0238. The third-order valence-corrected chi connectivity index (χ3v) is 4.84. The van der Waals surface area contributed by atoms with Crippen LogP contribution < -0.4 is 5.73 Å². The molecule has 0 unspecified atom stereocenters. The van der Waals surface area contributed by atoms with E-state index in [-0.39, 0.29) is 11.8 Å². The molecule has 1 saturated carbocycles. The van der Waals surface area contributed by atoms with Gasteiger partial charge < -0.3 is 5.73 Å². The molecule has 1 heterocycles. The number of nitrogens with zero attached hydrogens (tertiary/aromatic N) is 1. The van der Waals surface area contributed by atoms with Crippen LogP contribution in [-0.2, 0) is 16.1 Å². The first-order valence-electron chi connectivity index (χ1n) is 7.80. The van der Waals surface area contributed by atoms with Crippen LogP contribution in [0.25, 0.3) is 0 Å². The predicted molar refractivity (Wildman–Crippen MR) is 81.2 cm³/mol. The Balaban J connectivity index is 1.80. The first kappa shape index (κ1) is 14.1. The highest BCUT2D eigenvalue weighted by Crippen LogP contribution is 2.44. The number of likely N-dealkylation sites (tertiary alicyclic amines) is 1. The van der Waals surface area contributed by atoms with Crippen molar-refractivity contribution in [3.63, 3.8) is 0 Å². The number of carbonyl (C=O) groups excluding carboxylic acids is 2. The van der Waals surface area contributed by atoms with Crippen molar-refractivity contribution in [3.8, 4) is 0 Å². The van der Waals surface area contributed by atoms with Gasteiger partial charge in [-0.25, -0.2) is 0 Å². The molecular formula is C17H22N2O2. The molecule has 3 rings (SSSR count). The number of hydrogen-bond donors (Lipinski definition) is 1. The zero-order valence-corrected chi connectivity index (χ0v) is 12.3. The lowest BCUT2D eigenvalue weighted by Gasteiger charge is -2.25. The molecule has 0 atom stereocenters. The van der Waals surface area contributed by atoms with E-state index in [0.29, 0.717) is 18.7 Å². The Labute approximate surface area is 125 Å². The van der Waals surface area contributed by atoms with Gasteiger partial charge in [-0.15, -0.1) is 0 Å². The van der Waals surface area contributed by atoms with E-state index in [0.717, 1.165) is 31.2 Å². The SMILES string of the molecule is Nc1cccc(CN2C(=O)CC3(CCCCCC3)C2=O)c1. The van der Waals surface area contributed by atoms with Gasteiger partial charge in [0.15, 0.2) is 0 Å². The summed E-state index contributed by atoms with van der Waals surface area (Å²) in [6.45, 7) is 0.352. The molecule has 112 valence electrons. The summed E-state index contributed by atoms with van der Waals surface area (Å²) in [5, 5.41) is 0.